The Morgan fingerprint density at radius 2 is 1.70 bits per heavy atom. The van der Waals surface area contributed by atoms with E-state index in [9.17, 15) is 9.18 Å². The minimum atomic E-state index is -0.610. The van der Waals surface area contributed by atoms with Crippen molar-refractivity contribution in [3.05, 3.63) is 71.0 Å². The molecule has 2 amide bonds. The highest BCUT2D eigenvalue weighted by Gasteiger charge is 2.39. The summed E-state index contributed by atoms with van der Waals surface area (Å²) in [7, 11) is 0. The van der Waals surface area contributed by atoms with Gasteiger partial charge in [-0.1, -0.05) is 55.7 Å². The van der Waals surface area contributed by atoms with E-state index in [4.69, 9.17) is 0 Å². The standard InChI is InChI=1S/C23H27FN2O/c24-19-14-12-18(13-15-19)23(16-6-8-17-7-4-5-11-21(17)23)26-22(27)25-20-9-2-1-3-10-20/h4-5,7,11-15,20H,1-3,6,8-10,16H2,(H2,25,26,27)/t23-/m1/s1. The first-order valence-corrected chi connectivity index (χ1v) is 10.1. The molecule has 2 aromatic carbocycles. The number of hydrogen-bond donors (Lipinski definition) is 2. The van der Waals surface area contributed by atoms with Crippen LogP contribution >= 0.6 is 0 Å². The van der Waals surface area contributed by atoms with E-state index in [1.165, 1.54) is 37.0 Å². The second-order valence-corrected chi connectivity index (χ2v) is 7.86. The Bertz CT molecular complexity index is 798. The minimum Gasteiger partial charge on any atom is -0.335 e. The van der Waals surface area contributed by atoms with Crippen molar-refractivity contribution in [2.24, 2.45) is 0 Å². The molecule has 1 fully saturated rings. The van der Waals surface area contributed by atoms with E-state index in [-0.39, 0.29) is 17.9 Å². The topological polar surface area (TPSA) is 41.1 Å². The average Bonchev–Trinajstić information content (AvgIpc) is 2.69. The van der Waals surface area contributed by atoms with Gasteiger partial charge in [0, 0.05) is 6.04 Å². The molecule has 142 valence electrons. The van der Waals surface area contributed by atoms with E-state index in [1.807, 2.05) is 12.1 Å². The molecule has 4 rings (SSSR count). The van der Waals surface area contributed by atoms with Gasteiger partial charge in [0.2, 0.25) is 0 Å². The Kier molecular flexibility index (Phi) is 5.15. The zero-order valence-corrected chi connectivity index (χ0v) is 15.6. The maximum absolute atomic E-state index is 13.5. The van der Waals surface area contributed by atoms with Crippen molar-refractivity contribution in [2.45, 2.75) is 62.9 Å². The Hall–Kier alpha value is -2.36. The summed E-state index contributed by atoms with van der Waals surface area (Å²) < 4.78 is 13.5. The zero-order valence-electron chi connectivity index (χ0n) is 15.6. The van der Waals surface area contributed by atoms with Crippen LogP contribution in [0.15, 0.2) is 48.5 Å². The van der Waals surface area contributed by atoms with Gasteiger partial charge in [0.15, 0.2) is 0 Å². The van der Waals surface area contributed by atoms with Gasteiger partial charge in [-0.05, 0) is 60.9 Å². The summed E-state index contributed by atoms with van der Waals surface area (Å²) in [5.74, 6) is -0.260. The van der Waals surface area contributed by atoms with E-state index in [2.05, 4.69) is 22.8 Å². The molecule has 2 aromatic rings. The lowest BCUT2D eigenvalue weighted by Crippen LogP contribution is -2.54. The molecule has 1 saturated carbocycles. The molecule has 0 bridgehead atoms. The lowest BCUT2D eigenvalue weighted by molar-refractivity contribution is 0.218. The van der Waals surface area contributed by atoms with Gasteiger partial charge in [0.25, 0.3) is 0 Å². The van der Waals surface area contributed by atoms with Crippen LogP contribution in [0, 0.1) is 5.82 Å². The number of amides is 2. The average molecular weight is 366 g/mol. The Morgan fingerprint density at radius 3 is 2.48 bits per heavy atom. The molecule has 2 aliphatic carbocycles. The quantitative estimate of drug-likeness (QED) is 0.785. The van der Waals surface area contributed by atoms with E-state index in [0.717, 1.165) is 43.2 Å². The second kappa shape index (κ2) is 7.71. The lowest BCUT2D eigenvalue weighted by atomic mass is 9.72. The third-order valence-corrected chi connectivity index (χ3v) is 6.08. The summed E-state index contributed by atoms with van der Waals surface area (Å²) in [6.45, 7) is 0. The number of hydrogen-bond acceptors (Lipinski definition) is 1. The third kappa shape index (κ3) is 3.71. The van der Waals surface area contributed by atoms with Crippen LogP contribution in [0.3, 0.4) is 0 Å². The number of fused-ring (bicyclic) bond motifs is 1. The van der Waals surface area contributed by atoms with Crippen molar-refractivity contribution in [3.63, 3.8) is 0 Å². The molecule has 0 radical (unpaired) electrons. The summed E-state index contributed by atoms with van der Waals surface area (Å²) in [6, 6.07) is 15.0. The Labute approximate surface area is 160 Å². The van der Waals surface area contributed by atoms with Crippen LogP contribution in [0.1, 0.15) is 61.6 Å². The van der Waals surface area contributed by atoms with E-state index >= 15 is 0 Å². The predicted molar refractivity (Wildman–Crippen MR) is 105 cm³/mol. The molecular weight excluding hydrogens is 339 g/mol. The highest BCUT2D eigenvalue weighted by atomic mass is 19.1. The highest BCUT2D eigenvalue weighted by molar-refractivity contribution is 5.76. The van der Waals surface area contributed by atoms with Gasteiger partial charge in [-0.2, -0.15) is 0 Å². The van der Waals surface area contributed by atoms with Crippen molar-refractivity contribution in [3.8, 4) is 0 Å². The molecule has 0 aliphatic heterocycles. The van der Waals surface area contributed by atoms with Crippen LogP contribution < -0.4 is 10.6 Å². The first-order chi connectivity index (χ1) is 13.2. The minimum absolute atomic E-state index is 0.122. The van der Waals surface area contributed by atoms with Gasteiger partial charge in [0.05, 0.1) is 5.54 Å². The Balaban J connectivity index is 1.67. The van der Waals surface area contributed by atoms with Crippen LogP contribution in [0.2, 0.25) is 0 Å². The van der Waals surface area contributed by atoms with E-state index in [1.54, 1.807) is 12.1 Å². The largest absolute Gasteiger partial charge is 0.335 e. The second-order valence-electron chi connectivity index (χ2n) is 7.86. The summed E-state index contributed by atoms with van der Waals surface area (Å²) in [5, 5.41) is 6.48. The van der Waals surface area contributed by atoms with Gasteiger partial charge in [0.1, 0.15) is 5.82 Å². The molecule has 4 heteroatoms. The predicted octanol–water partition coefficient (Wildman–Crippen LogP) is 5.04. The number of carbonyl (C=O) groups is 1. The fourth-order valence-corrected chi connectivity index (χ4v) is 4.73. The summed E-state index contributed by atoms with van der Waals surface area (Å²) in [6.07, 6.45) is 8.51. The zero-order chi connectivity index (χ0) is 18.7. The molecule has 0 heterocycles. The number of nitrogens with one attached hydrogen (secondary N) is 2. The molecule has 0 spiro atoms. The van der Waals surface area contributed by atoms with Crippen molar-refractivity contribution >= 4 is 6.03 Å². The van der Waals surface area contributed by atoms with Gasteiger partial charge in [-0.15, -0.1) is 0 Å². The van der Waals surface area contributed by atoms with Crippen LogP contribution in [0.25, 0.3) is 0 Å². The summed E-state index contributed by atoms with van der Waals surface area (Å²) in [5.41, 5.74) is 2.71. The fourth-order valence-electron chi connectivity index (χ4n) is 4.73. The highest BCUT2D eigenvalue weighted by Crippen LogP contribution is 2.40. The number of benzene rings is 2. The van der Waals surface area contributed by atoms with Crippen molar-refractivity contribution in [2.75, 3.05) is 0 Å². The maximum atomic E-state index is 13.5. The van der Waals surface area contributed by atoms with Crippen LogP contribution in [0.4, 0.5) is 9.18 Å². The lowest BCUT2D eigenvalue weighted by Gasteiger charge is -2.41. The normalized spacial score (nSPS) is 22.7. The van der Waals surface area contributed by atoms with Gasteiger partial charge < -0.3 is 10.6 Å². The van der Waals surface area contributed by atoms with Gasteiger partial charge in [-0.25, -0.2) is 9.18 Å². The van der Waals surface area contributed by atoms with Crippen LogP contribution in [-0.4, -0.2) is 12.1 Å². The summed E-state index contributed by atoms with van der Waals surface area (Å²) >= 11 is 0. The fraction of sp³-hybridized carbons (Fsp3) is 0.435. The molecule has 3 nitrogen and oxygen atoms in total. The SMILES string of the molecule is O=C(NC1CCCCC1)N[C@@]1(c2ccc(F)cc2)CCCc2ccccc21. The molecule has 2 aliphatic rings. The van der Waals surface area contributed by atoms with Crippen molar-refractivity contribution in [1.29, 1.82) is 0 Å². The third-order valence-electron chi connectivity index (χ3n) is 6.08. The summed E-state index contributed by atoms with van der Waals surface area (Å²) in [4.78, 5) is 12.9. The number of halogens is 1. The van der Waals surface area contributed by atoms with Gasteiger partial charge >= 0.3 is 6.03 Å². The Morgan fingerprint density at radius 1 is 0.963 bits per heavy atom. The van der Waals surface area contributed by atoms with Crippen LogP contribution in [-0.2, 0) is 12.0 Å². The molecule has 0 aromatic heterocycles. The molecule has 0 unspecified atom stereocenters. The smallest absolute Gasteiger partial charge is 0.315 e. The number of carbonyl (C=O) groups excluding carboxylic acids is 1. The van der Waals surface area contributed by atoms with Crippen molar-refractivity contribution < 1.29 is 9.18 Å². The number of rotatable bonds is 3. The molecule has 27 heavy (non-hydrogen) atoms. The van der Waals surface area contributed by atoms with Crippen molar-refractivity contribution in [1.82, 2.24) is 10.6 Å². The number of aryl methyl sites for hydroxylation is 1. The molecule has 0 saturated heterocycles. The first kappa shape index (κ1) is 18.0. The molecule has 1 atom stereocenters. The van der Waals surface area contributed by atoms with Gasteiger partial charge in [-0.3, -0.25) is 0 Å². The van der Waals surface area contributed by atoms with E-state index in [0.29, 0.717) is 0 Å². The molecule has 2 N–H and O–H groups in total. The maximum Gasteiger partial charge on any atom is 0.315 e. The van der Waals surface area contributed by atoms with E-state index < -0.39 is 5.54 Å². The molecular formula is C23H27FN2O. The van der Waals surface area contributed by atoms with Crippen LogP contribution in [0.5, 0.6) is 0 Å². The monoisotopic (exact) mass is 366 g/mol. The number of urea groups is 1. The first-order valence-electron chi connectivity index (χ1n) is 10.1.